The van der Waals surface area contributed by atoms with Gasteiger partial charge in [0.1, 0.15) is 12.7 Å². The van der Waals surface area contributed by atoms with Gasteiger partial charge in [-0.15, -0.1) is 0 Å². The molecule has 0 bridgehead atoms. The number of rotatable bonds is 2. The minimum absolute atomic E-state index is 0.150. The molecule has 25 heavy (non-hydrogen) atoms. The van der Waals surface area contributed by atoms with Gasteiger partial charge in [0.25, 0.3) is 5.91 Å². The normalized spacial score (nSPS) is 20.0. The number of carbonyl (C=O) groups excluding carboxylic acids is 1. The van der Waals surface area contributed by atoms with Crippen LogP contribution in [0.3, 0.4) is 0 Å². The molecule has 2 aliphatic heterocycles. The lowest BCUT2D eigenvalue weighted by atomic mass is 9.71. The molecule has 1 N–H and O–H groups in total. The molecule has 0 unspecified atom stereocenters. The van der Waals surface area contributed by atoms with Crippen LogP contribution in [0.2, 0.25) is 0 Å². The summed E-state index contributed by atoms with van der Waals surface area (Å²) in [5, 5.41) is 7.61. The summed E-state index contributed by atoms with van der Waals surface area (Å²) in [7, 11) is 0. The average Bonchev–Trinajstić information content (AvgIpc) is 3.17. The van der Waals surface area contributed by atoms with Gasteiger partial charge in [-0.1, -0.05) is 0 Å². The van der Waals surface area contributed by atoms with Crippen molar-refractivity contribution in [3.8, 4) is 5.69 Å². The van der Waals surface area contributed by atoms with Crippen LogP contribution in [-0.4, -0.2) is 51.8 Å². The van der Waals surface area contributed by atoms with Gasteiger partial charge in [-0.05, 0) is 74.9 Å². The van der Waals surface area contributed by atoms with Crippen molar-refractivity contribution < 1.29 is 4.79 Å². The molecule has 1 amide bonds. The van der Waals surface area contributed by atoms with Gasteiger partial charge in [0.05, 0.1) is 5.69 Å². The number of benzene rings is 1. The summed E-state index contributed by atoms with van der Waals surface area (Å²) in [5.41, 5.74) is 3.22. The Morgan fingerprint density at radius 3 is 2.56 bits per heavy atom. The standard InChI is InChI=1S/C19H25N5O/c1-15-12-16(2-3-17(15)24-14-21-13-22-24)18(25)23-10-6-19(7-11-23)4-8-20-9-5-19/h2-3,12-14,20H,4-11H2,1H3. The summed E-state index contributed by atoms with van der Waals surface area (Å²) in [6.07, 6.45) is 7.96. The molecule has 2 fully saturated rings. The number of aryl methyl sites for hydroxylation is 1. The summed E-state index contributed by atoms with van der Waals surface area (Å²) >= 11 is 0. The van der Waals surface area contributed by atoms with Crippen LogP contribution >= 0.6 is 0 Å². The largest absolute Gasteiger partial charge is 0.339 e. The van der Waals surface area contributed by atoms with Gasteiger partial charge in [0, 0.05) is 18.7 Å². The molecule has 0 saturated carbocycles. The van der Waals surface area contributed by atoms with Crippen LogP contribution in [0, 0.1) is 12.3 Å². The van der Waals surface area contributed by atoms with E-state index in [-0.39, 0.29) is 5.91 Å². The van der Waals surface area contributed by atoms with Crippen molar-refractivity contribution in [3.05, 3.63) is 42.0 Å². The Kier molecular flexibility index (Phi) is 4.29. The number of piperidine rings is 2. The molecule has 2 saturated heterocycles. The van der Waals surface area contributed by atoms with E-state index in [9.17, 15) is 4.79 Å². The highest BCUT2D eigenvalue weighted by Crippen LogP contribution is 2.39. The number of aromatic nitrogens is 3. The monoisotopic (exact) mass is 339 g/mol. The van der Waals surface area contributed by atoms with Crippen molar-refractivity contribution >= 4 is 5.91 Å². The molecule has 1 spiro atoms. The third-order valence-electron chi connectivity index (χ3n) is 5.88. The number of amides is 1. The molecule has 1 aromatic carbocycles. The summed E-state index contributed by atoms with van der Waals surface area (Å²) in [6.45, 7) is 6.01. The lowest BCUT2D eigenvalue weighted by Gasteiger charge is -2.44. The van der Waals surface area contributed by atoms with Crippen molar-refractivity contribution in [2.75, 3.05) is 26.2 Å². The maximum Gasteiger partial charge on any atom is 0.253 e. The third kappa shape index (κ3) is 3.18. The zero-order valence-electron chi connectivity index (χ0n) is 14.7. The Morgan fingerprint density at radius 1 is 1.16 bits per heavy atom. The maximum absolute atomic E-state index is 12.9. The maximum atomic E-state index is 12.9. The Bertz CT molecular complexity index is 739. The Hall–Kier alpha value is -2.21. The molecule has 0 atom stereocenters. The van der Waals surface area contributed by atoms with E-state index in [0.29, 0.717) is 5.41 Å². The quantitative estimate of drug-likeness (QED) is 0.911. The van der Waals surface area contributed by atoms with Crippen molar-refractivity contribution in [1.82, 2.24) is 25.0 Å². The lowest BCUT2D eigenvalue weighted by molar-refractivity contribution is 0.0495. The summed E-state index contributed by atoms with van der Waals surface area (Å²) in [5.74, 6) is 0.150. The molecule has 0 radical (unpaired) electrons. The van der Waals surface area contributed by atoms with Gasteiger partial charge in [-0.3, -0.25) is 4.79 Å². The number of hydrogen-bond acceptors (Lipinski definition) is 4. The van der Waals surface area contributed by atoms with E-state index in [1.165, 1.54) is 19.2 Å². The molecule has 3 heterocycles. The Morgan fingerprint density at radius 2 is 1.92 bits per heavy atom. The molecule has 2 aromatic rings. The van der Waals surface area contributed by atoms with Crippen LogP contribution < -0.4 is 5.32 Å². The number of nitrogens with zero attached hydrogens (tertiary/aromatic N) is 4. The van der Waals surface area contributed by atoms with E-state index >= 15 is 0 Å². The van der Waals surface area contributed by atoms with Crippen LogP contribution in [0.4, 0.5) is 0 Å². The topological polar surface area (TPSA) is 63.1 Å². The Balaban J connectivity index is 1.46. The second kappa shape index (κ2) is 6.59. The van der Waals surface area contributed by atoms with Gasteiger partial charge >= 0.3 is 0 Å². The second-order valence-electron chi connectivity index (χ2n) is 7.38. The van der Waals surface area contributed by atoms with E-state index in [4.69, 9.17) is 0 Å². The summed E-state index contributed by atoms with van der Waals surface area (Å²) in [4.78, 5) is 18.9. The van der Waals surface area contributed by atoms with Gasteiger partial charge in [0.2, 0.25) is 0 Å². The first-order chi connectivity index (χ1) is 12.2. The SMILES string of the molecule is Cc1cc(C(=O)N2CCC3(CCNCC3)CC2)ccc1-n1cncn1. The highest BCUT2D eigenvalue weighted by atomic mass is 16.2. The van der Waals surface area contributed by atoms with Gasteiger partial charge in [-0.2, -0.15) is 5.10 Å². The first kappa shape index (κ1) is 16.3. The second-order valence-corrected chi connectivity index (χ2v) is 7.38. The molecular formula is C19H25N5O. The van der Waals surface area contributed by atoms with Gasteiger partial charge < -0.3 is 10.2 Å². The van der Waals surface area contributed by atoms with Gasteiger partial charge in [0.15, 0.2) is 0 Å². The zero-order valence-corrected chi connectivity index (χ0v) is 14.7. The third-order valence-corrected chi connectivity index (χ3v) is 5.88. The molecule has 2 aliphatic rings. The summed E-state index contributed by atoms with van der Waals surface area (Å²) in [6, 6.07) is 5.82. The fourth-order valence-corrected chi connectivity index (χ4v) is 4.20. The molecule has 6 nitrogen and oxygen atoms in total. The van der Waals surface area contributed by atoms with Crippen molar-refractivity contribution in [1.29, 1.82) is 0 Å². The predicted molar refractivity (Wildman–Crippen MR) is 95.8 cm³/mol. The minimum Gasteiger partial charge on any atom is -0.339 e. The smallest absolute Gasteiger partial charge is 0.253 e. The zero-order chi connectivity index (χ0) is 17.3. The highest BCUT2D eigenvalue weighted by molar-refractivity contribution is 5.94. The van der Waals surface area contributed by atoms with Gasteiger partial charge in [-0.25, -0.2) is 9.67 Å². The predicted octanol–water partition coefficient (Wildman–Crippen LogP) is 2.18. The molecule has 0 aliphatic carbocycles. The number of carbonyl (C=O) groups is 1. The number of hydrogen-bond donors (Lipinski definition) is 1. The van der Waals surface area contributed by atoms with Crippen LogP contribution in [-0.2, 0) is 0 Å². The lowest BCUT2D eigenvalue weighted by Crippen LogP contribution is -2.47. The van der Waals surface area contributed by atoms with Crippen molar-refractivity contribution in [2.45, 2.75) is 32.6 Å². The molecule has 4 rings (SSSR count). The van der Waals surface area contributed by atoms with Crippen LogP contribution in [0.25, 0.3) is 5.69 Å². The first-order valence-electron chi connectivity index (χ1n) is 9.13. The number of likely N-dealkylation sites (tertiary alicyclic amines) is 1. The highest BCUT2D eigenvalue weighted by Gasteiger charge is 2.36. The van der Waals surface area contributed by atoms with Crippen LogP contribution in [0.15, 0.2) is 30.9 Å². The Labute approximate surface area is 148 Å². The summed E-state index contributed by atoms with van der Waals surface area (Å²) < 4.78 is 1.73. The van der Waals surface area contributed by atoms with E-state index in [2.05, 4.69) is 15.4 Å². The van der Waals surface area contributed by atoms with E-state index in [1.54, 1.807) is 11.0 Å². The van der Waals surface area contributed by atoms with E-state index < -0.39 is 0 Å². The number of nitrogens with one attached hydrogen (secondary N) is 1. The van der Waals surface area contributed by atoms with E-state index in [0.717, 1.165) is 55.8 Å². The first-order valence-corrected chi connectivity index (χ1v) is 9.13. The molecule has 132 valence electrons. The fraction of sp³-hybridized carbons (Fsp3) is 0.526. The van der Waals surface area contributed by atoms with Crippen molar-refractivity contribution in [3.63, 3.8) is 0 Å². The molecule has 6 heteroatoms. The molecule has 1 aromatic heterocycles. The molecular weight excluding hydrogens is 314 g/mol. The van der Waals surface area contributed by atoms with E-state index in [1.807, 2.05) is 30.0 Å². The van der Waals surface area contributed by atoms with Crippen molar-refractivity contribution in [2.24, 2.45) is 5.41 Å². The minimum atomic E-state index is 0.150. The van der Waals surface area contributed by atoms with Crippen LogP contribution in [0.5, 0.6) is 0 Å². The van der Waals surface area contributed by atoms with Crippen LogP contribution in [0.1, 0.15) is 41.6 Å². The average molecular weight is 339 g/mol. The fourth-order valence-electron chi connectivity index (χ4n) is 4.20.